The van der Waals surface area contributed by atoms with Crippen LogP contribution in [0.5, 0.6) is 0 Å². The van der Waals surface area contributed by atoms with E-state index in [-0.39, 0.29) is 16.3 Å². The van der Waals surface area contributed by atoms with E-state index in [9.17, 15) is 21.2 Å². The van der Waals surface area contributed by atoms with Gasteiger partial charge in [0, 0.05) is 19.6 Å². The van der Waals surface area contributed by atoms with Crippen LogP contribution in [0.3, 0.4) is 0 Å². The van der Waals surface area contributed by atoms with Crippen molar-refractivity contribution in [3.8, 4) is 0 Å². The van der Waals surface area contributed by atoms with Gasteiger partial charge in [-0.15, -0.1) is 0 Å². The summed E-state index contributed by atoms with van der Waals surface area (Å²) in [4.78, 5) is 0.186. The average molecular weight is 429 g/mol. The third-order valence-corrected chi connectivity index (χ3v) is 7.75. The van der Waals surface area contributed by atoms with E-state index in [1.54, 1.807) is 12.1 Å². The fourth-order valence-corrected chi connectivity index (χ4v) is 5.23. The number of ether oxygens (including phenoxy) is 1. The molecule has 1 aliphatic rings. The van der Waals surface area contributed by atoms with Gasteiger partial charge in [0.05, 0.1) is 23.0 Å². The number of hydrogen-bond acceptors (Lipinski definition) is 5. The summed E-state index contributed by atoms with van der Waals surface area (Å²) in [7, 11) is -7.28. The van der Waals surface area contributed by atoms with E-state index in [4.69, 9.17) is 4.74 Å². The van der Waals surface area contributed by atoms with E-state index in [0.29, 0.717) is 32.7 Å². The Balaban J connectivity index is 1.59. The van der Waals surface area contributed by atoms with E-state index in [0.717, 1.165) is 17.7 Å². The molecule has 0 amide bonds. The molecule has 1 saturated heterocycles. The lowest BCUT2D eigenvalue weighted by Gasteiger charge is -2.26. The molecule has 2 aromatic rings. The smallest absolute Gasteiger partial charge is 0.243 e. The van der Waals surface area contributed by atoms with E-state index in [2.05, 4.69) is 4.72 Å². The van der Waals surface area contributed by atoms with E-state index in [1.165, 1.54) is 28.6 Å². The molecule has 10 heteroatoms. The highest BCUT2D eigenvalue weighted by Crippen LogP contribution is 2.18. The molecule has 0 aromatic heterocycles. The number of nitrogens with zero attached hydrogens (tertiary/aromatic N) is 1. The lowest BCUT2D eigenvalue weighted by molar-refractivity contribution is 0.0730. The monoisotopic (exact) mass is 428 g/mol. The Morgan fingerprint density at radius 3 is 2.07 bits per heavy atom. The summed E-state index contributed by atoms with van der Waals surface area (Å²) in [5.41, 5.74) is 0.794. The van der Waals surface area contributed by atoms with Crippen LogP contribution in [0.25, 0.3) is 0 Å². The minimum Gasteiger partial charge on any atom is -0.379 e. The first kappa shape index (κ1) is 20.9. The molecule has 1 fully saturated rings. The first-order chi connectivity index (χ1) is 13.3. The van der Waals surface area contributed by atoms with Gasteiger partial charge in [0.15, 0.2) is 0 Å². The molecular formula is C18H21FN2O5S2. The van der Waals surface area contributed by atoms with Gasteiger partial charge in [0.2, 0.25) is 20.0 Å². The van der Waals surface area contributed by atoms with Gasteiger partial charge in [0.1, 0.15) is 5.82 Å². The van der Waals surface area contributed by atoms with Gasteiger partial charge in [0.25, 0.3) is 0 Å². The van der Waals surface area contributed by atoms with Crippen LogP contribution in [0.1, 0.15) is 5.56 Å². The summed E-state index contributed by atoms with van der Waals surface area (Å²) < 4.78 is 71.4. The highest BCUT2D eigenvalue weighted by molar-refractivity contribution is 7.89. The Bertz CT molecular complexity index is 1000. The van der Waals surface area contributed by atoms with Gasteiger partial charge < -0.3 is 4.74 Å². The predicted molar refractivity (Wildman–Crippen MR) is 101 cm³/mol. The van der Waals surface area contributed by atoms with E-state index in [1.807, 2.05) is 0 Å². The molecule has 3 rings (SSSR count). The zero-order valence-electron chi connectivity index (χ0n) is 15.0. The fraction of sp³-hybridized carbons (Fsp3) is 0.333. The Kier molecular flexibility index (Phi) is 6.46. The normalized spacial score (nSPS) is 16.2. The van der Waals surface area contributed by atoms with Crippen molar-refractivity contribution in [1.82, 2.24) is 9.03 Å². The van der Waals surface area contributed by atoms with Crippen molar-refractivity contribution >= 4 is 20.0 Å². The average Bonchev–Trinajstić information content (AvgIpc) is 2.69. The molecule has 1 heterocycles. The Morgan fingerprint density at radius 1 is 0.893 bits per heavy atom. The maximum atomic E-state index is 12.9. The van der Waals surface area contributed by atoms with Crippen molar-refractivity contribution < 1.29 is 26.0 Å². The molecule has 0 bridgehead atoms. The fourth-order valence-electron chi connectivity index (χ4n) is 2.79. The highest BCUT2D eigenvalue weighted by Gasteiger charge is 2.26. The van der Waals surface area contributed by atoms with Crippen LogP contribution < -0.4 is 4.72 Å². The highest BCUT2D eigenvalue weighted by atomic mass is 32.2. The summed E-state index contributed by atoms with van der Waals surface area (Å²) in [6, 6.07) is 10.9. The number of rotatable bonds is 7. The topological polar surface area (TPSA) is 92.8 Å². The number of halogens is 1. The van der Waals surface area contributed by atoms with Crippen LogP contribution in [0.4, 0.5) is 4.39 Å². The molecular weight excluding hydrogens is 407 g/mol. The number of nitrogens with one attached hydrogen (secondary N) is 1. The summed E-state index contributed by atoms with van der Waals surface area (Å²) in [6.07, 6.45) is 0.387. The van der Waals surface area contributed by atoms with Crippen molar-refractivity contribution in [2.75, 3.05) is 32.8 Å². The van der Waals surface area contributed by atoms with Crippen LogP contribution in [-0.2, 0) is 31.2 Å². The second-order valence-electron chi connectivity index (χ2n) is 6.26. The number of morpholine rings is 1. The summed E-state index contributed by atoms with van der Waals surface area (Å²) in [5.74, 6) is -0.508. The third kappa shape index (κ3) is 4.95. The number of sulfonamides is 2. The number of benzene rings is 2. The second-order valence-corrected chi connectivity index (χ2v) is 9.97. The SMILES string of the molecule is O=S(=O)(NCCc1ccc(S(=O)(=O)N2CCOCC2)cc1)c1ccc(F)cc1. The van der Waals surface area contributed by atoms with Crippen LogP contribution in [0.2, 0.25) is 0 Å². The summed E-state index contributed by atoms with van der Waals surface area (Å²) >= 11 is 0. The van der Waals surface area contributed by atoms with Crippen molar-refractivity contribution in [2.24, 2.45) is 0 Å². The minimum atomic E-state index is -3.72. The molecule has 0 aliphatic carbocycles. The van der Waals surface area contributed by atoms with Gasteiger partial charge in [-0.1, -0.05) is 12.1 Å². The molecule has 0 spiro atoms. The van der Waals surface area contributed by atoms with Crippen molar-refractivity contribution in [3.63, 3.8) is 0 Å². The Morgan fingerprint density at radius 2 is 1.46 bits per heavy atom. The number of hydrogen-bond donors (Lipinski definition) is 1. The molecule has 0 atom stereocenters. The minimum absolute atomic E-state index is 0.0131. The van der Waals surface area contributed by atoms with E-state index >= 15 is 0 Å². The van der Waals surface area contributed by atoms with Crippen LogP contribution in [-0.4, -0.2) is 54.0 Å². The Labute approximate surface area is 164 Å². The second kappa shape index (κ2) is 8.66. The quantitative estimate of drug-likeness (QED) is 0.719. The van der Waals surface area contributed by atoms with Crippen molar-refractivity contribution in [1.29, 1.82) is 0 Å². The van der Waals surface area contributed by atoms with Crippen molar-refractivity contribution in [3.05, 3.63) is 59.9 Å². The molecule has 0 saturated carbocycles. The Hall–Kier alpha value is -1.85. The molecule has 0 unspecified atom stereocenters. The van der Waals surface area contributed by atoms with Gasteiger partial charge >= 0.3 is 0 Å². The maximum absolute atomic E-state index is 12.9. The molecule has 7 nitrogen and oxygen atoms in total. The first-order valence-electron chi connectivity index (χ1n) is 8.71. The molecule has 1 aliphatic heterocycles. The van der Waals surface area contributed by atoms with Gasteiger partial charge in [-0.25, -0.2) is 25.9 Å². The lowest BCUT2D eigenvalue weighted by Crippen LogP contribution is -2.40. The zero-order valence-corrected chi connectivity index (χ0v) is 16.7. The van der Waals surface area contributed by atoms with Gasteiger partial charge in [-0.3, -0.25) is 0 Å². The zero-order chi connectivity index (χ0) is 20.2. The standard InChI is InChI=1S/C18H21FN2O5S2/c19-16-3-7-17(8-4-16)27(22,23)20-10-9-15-1-5-18(6-2-15)28(24,25)21-11-13-26-14-12-21/h1-8,20H,9-14H2. The predicted octanol–water partition coefficient (Wildman–Crippen LogP) is 1.37. The largest absolute Gasteiger partial charge is 0.379 e. The molecule has 152 valence electrons. The maximum Gasteiger partial charge on any atom is 0.243 e. The molecule has 1 N–H and O–H groups in total. The first-order valence-corrected chi connectivity index (χ1v) is 11.6. The van der Waals surface area contributed by atoms with E-state index < -0.39 is 25.9 Å². The van der Waals surface area contributed by atoms with Crippen molar-refractivity contribution in [2.45, 2.75) is 16.2 Å². The molecule has 2 aromatic carbocycles. The third-order valence-electron chi connectivity index (χ3n) is 4.36. The van der Waals surface area contributed by atoms with Gasteiger partial charge in [-0.2, -0.15) is 4.31 Å². The van der Waals surface area contributed by atoms with Crippen LogP contribution in [0.15, 0.2) is 58.3 Å². The van der Waals surface area contributed by atoms with Crippen LogP contribution >= 0.6 is 0 Å². The van der Waals surface area contributed by atoms with Gasteiger partial charge in [-0.05, 0) is 48.4 Å². The summed E-state index contributed by atoms with van der Waals surface area (Å²) in [6.45, 7) is 1.55. The molecule has 28 heavy (non-hydrogen) atoms. The van der Waals surface area contributed by atoms with Crippen LogP contribution in [0, 0.1) is 5.82 Å². The summed E-state index contributed by atoms with van der Waals surface area (Å²) in [5, 5.41) is 0. The molecule has 0 radical (unpaired) electrons. The lowest BCUT2D eigenvalue weighted by atomic mass is 10.2.